The number of carbonyl (C=O) groups is 1. The van der Waals surface area contributed by atoms with Crippen molar-refractivity contribution in [2.24, 2.45) is 0 Å². The van der Waals surface area contributed by atoms with Gasteiger partial charge in [-0.2, -0.15) is 0 Å². The molecule has 2 aromatic heterocycles. The Morgan fingerprint density at radius 3 is 2.46 bits per heavy atom. The topological polar surface area (TPSA) is 122 Å². The summed E-state index contributed by atoms with van der Waals surface area (Å²) in [6.45, 7) is 0. The molecule has 4 rings (SSSR count). The van der Waals surface area contributed by atoms with Gasteiger partial charge in [0.05, 0.1) is 17.2 Å². The first-order valence-electron chi connectivity index (χ1n) is 8.51. The third-order valence-electron chi connectivity index (χ3n) is 4.73. The van der Waals surface area contributed by atoms with Crippen molar-refractivity contribution in [3.05, 3.63) is 72.4 Å². The maximum absolute atomic E-state index is 13.2. The molecule has 0 saturated heterocycles. The molecule has 0 spiro atoms. The summed E-state index contributed by atoms with van der Waals surface area (Å²) in [4.78, 5) is 15.9. The Balaban J connectivity index is 1.69. The van der Waals surface area contributed by atoms with Gasteiger partial charge in [0, 0.05) is 18.8 Å². The molecular weight excluding hydrogens is 382 g/mol. The number of nitrogens with zero attached hydrogens (tertiary/aromatic N) is 1. The molecular formula is C19H17N3O5S. The lowest BCUT2D eigenvalue weighted by Crippen LogP contribution is -2.50. The Kier molecular flexibility index (Phi) is 4.71. The van der Waals surface area contributed by atoms with Gasteiger partial charge in [-0.1, -0.05) is 12.1 Å². The van der Waals surface area contributed by atoms with Crippen LogP contribution in [-0.2, 0) is 21.1 Å². The van der Waals surface area contributed by atoms with Gasteiger partial charge in [0.2, 0.25) is 9.84 Å². The second kappa shape index (κ2) is 7.19. The highest BCUT2D eigenvalue weighted by molar-refractivity contribution is 7.91. The first kappa shape index (κ1) is 18.4. The van der Waals surface area contributed by atoms with E-state index in [1.165, 1.54) is 18.4 Å². The molecule has 2 atom stereocenters. The van der Waals surface area contributed by atoms with Crippen molar-refractivity contribution >= 4 is 15.7 Å². The van der Waals surface area contributed by atoms with Crippen LogP contribution < -0.4 is 10.8 Å². The van der Waals surface area contributed by atoms with Crippen LogP contribution in [0.15, 0.2) is 70.4 Å². The fourth-order valence-electron chi connectivity index (χ4n) is 3.28. The minimum absolute atomic E-state index is 0.0928. The molecule has 9 heteroatoms. The molecule has 144 valence electrons. The molecule has 1 amide bonds. The summed E-state index contributed by atoms with van der Waals surface area (Å²) < 4.78 is 31.8. The van der Waals surface area contributed by atoms with Gasteiger partial charge in [-0.3, -0.25) is 20.3 Å². The number of sulfone groups is 1. The molecule has 0 saturated carbocycles. The molecule has 2 unspecified atom stereocenters. The number of aromatic nitrogens is 1. The number of carbonyl (C=O) groups excluding carboxylic acids is 1. The van der Waals surface area contributed by atoms with E-state index in [-0.39, 0.29) is 17.1 Å². The van der Waals surface area contributed by atoms with Gasteiger partial charge >= 0.3 is 0 Å². The van der Waals surface area contributed by atoms with Crippen molar-refractivity contribution in [2.75, 3.05) is 0 Å². The lowest BCUT2D eigenvalue weighted by atomic mass is 10.0. The Bertz CT molecular complexity index is 1090. The normalized spacial score (nSPS) is 19.0. The maximum Gasteiger partial charge on any atom is 0.260 e. The van der Waals surface area contributed by atoms with Crippen LogP contribution in [-0.4, -0.2) is 30.6 Å². The highest BCUT2D eigenvalue weighted by atomic mass is 32.2. The minimum Gasteiger partial charge on any atom is -0.466 e. The highest BCUT2D eigenvalue weighted by Crippen LogP contribution is 2.34. The first-order valence-corrected chi connectivity index (χ1v) is 10.1. The molecule has 0 bridgehead atoms. The predicted molar refractivity (Wildman–Crippen MR) is 98.9 cm³/mol. The summed E-state index contributed by atoms with van der Waals surface area (Å²) in [5.41, 5.74) is 3.94. The largest absolute Gasteiger partial charge is 0.466 e. The van der Waals surface area contributed by atoms with Crippen LogP contribution in [0.25, 0.3) is 11.1 Å². The number of benzene rings is 1. The van der Waals surface area contributed by atoms with Gasteiger partial charge < -0.3 is 4.42 Å². The lowest BCUT2D eigenvalue weighted by molar-refractivity contribution is -0.131. The first-order chi connectivity index (χ1) is 13.5. The predicted octanol–water partition coefficient (Wildman–Crippen LogP) is 1.83. The molecule has 8 nitrogen and oxygen atoms in total. The van der Waals surface area contributed by atoms with Gasteiger partial charge in [-0.25, -0.2) is 13.9 Å². The van der Waals surface area contributed by atoms with Crippen molar-refractivity contribution in [3.8, 4) is 11.1 Å². The van der Waals surface area contributed by atoms with Gasteiger partial charge in [0.1, 0.15) is 5.76 Å². The molecule has 0 aliphatic carbocycles. The number of hydrogen-bond donors (Lipinski definition) is 3. The van der Waals surface area contributed by atoms with E-state index < -0.39 is 27.2 Å². The molecule has 1 aliphatic heterocycles. The van der Waals surface area contributed by atoms with E-state index >= 15 is 0 Å². The number of nitrogens with one attached hydrogen (secondary N) is 2. The molecule has 0 fully saturated rings. The number of fused-ring (bicyclic) bond motifs is 1. The Morgan fingerprint density at radius 2 is 1.79 bits per heavy atom. The third kappa shape index (κ3) is 3.19. The zero-order chi connectivity index (χ0) is 19.7. The Hall–Kier alpha value is -3.01. The standard InChI is InChI=1S/C19H17N3O5S/c23-18(22-24)16-11-14-7-10-27-17(14)19(21-16)28(25,26)15-3-1-12(2-4-15)13-5-8-20-9-6-13/h1-10,16,19,21,24H,11H2,(H,22,23). The average Bonchev–Trinajstić information content (AvgIpc) is 3.21. The van der Waals surface area contributed by atoms with E-state index in [4.69, 9.17) is 9.62 Å². The summed E-state index contributed by atoms with van der Waals surface area (Å²) in [6, 6.07) is 10.9. The van der Waals surface area contributed by atoms with Crippen molar-refractivity contribution < 1.29 is 22.8 Å². The van der Waals surface area contributed by atoms with Crippen molar-refractivity contribution in [1.82, 2.24) is 15.8 Å². The average molecular weight is 399 g/mol. The summed E-state index contributed by atoms with van der Waals surface area (Å²) >= 11 is 0. The molecule has 1 aliphatic rings. The highest BCUT2D eigenvalue weighted by Gasteiger charge is 2.40. The molecule has 28 heavy (non-hydrogen) atoms. The Labute approximate surface area is 161 Å². The summed E-state index contributed by atoms with van der Waals surface area (Å²) in [5.74, 6) is -0.458. The maximum atomic E-state index is 13.2. The summed E-state index contributed by atoms with van der Waals surface area (Å²) in [6.07, 6.45) is 4.93. The van der Waals surface area contributed by atoms with Gasteiger partial charge in [0.25, 0.3) is 5.91 Å². The Morgan fingerprint density at radius 1 is 1.11 bits per heavy atom. The molecule has 3 N–H and O–H groups in total. The summed E-state index contributed by atoms with van der Waals surface area (Å²) in [5, 5.41) is 10.4. The van der Waals surface area contributed by atoms with Gasteiger partial charge in [-0.05, 0) is 47.0 Å². The number of amides is 1. The second-order valence-electron chi connectivity index (χ2n) is 6.39. The quantitative estimate of drug-likeness (QED) is 0.452. The van der Waals surface area contributed by atoms with Crippen LogP contribution in [0, 0.1) is 0 Å². The van der Waals surface area contributed by atoms with E-state index in [1.807, 2.05) is 12.1 Å². The number of furan rings is 1. The van der Waals surface area contributed by atoms with Crippen LogP contribution in [0.3, 0.4) is 0 Å². The van der Waals surface area contributed by atoms with Crippen LogP contribution >= 0.6 is 0 Å². The number of hydrogen-bond acceptors (Lipinski definition) is 7. The zero-order valence-electron chi connectivity index (χ0n) is 14.6. The van der Waals surface area contributed by atoms with E-state index in [0.717, 1.165) is 11.1 Å². The molecule has 0 radical (unpaired) electrons. The van der Waals surface area contributed by atoms with E-state index in [1.54, 1.807) is 36.1 Å². The van der Waals surface area contributed by atoms with Crippen LogP contribution in [0.2, 0.25) is 0 Å². The van der Waals surface area contributed by atoms with Gasteiger partial charge in [-0.15, -0.1) is 0 Å². The lowest BCUT2D eigenvalue weighted by Gasteiger charge is -2.28. The molecule has 3 heterocycles. The smallest absolute Gasteiger partial charge is 0.260 e. The SMILES string of the molecule is O=C(NO)C1Cc2ccoc2C(S(=O)(=O)c2ccc(-c3ccncc3)cc2)N1. The van der Waals surface area contributed by atoms with Crippen LogP contribution in [0.5, 0.6) is 0 Å². The third-order valence-corrected chi connectivity index (χ3v) is 6.63. The monoisotopic (exact) mass is 399 g/mol. The molecule has 3 aromatic rings. The van der Waals surface area contributed by atoms with Gasteiger partial charge in [0.15, 0.2) is 5.37 Å². The van der Waals surface area contributed by atoms with Crippen molar-refractivity contribution in [1.29, 1.82) is 0 Å². The van der Waals surface area contributed by atoms with Crippen molar-refractivity contribution in [3.63, 3.8) is 0 Å². The van der Waals surface area contributed by atoms with Crippen molar-refractivity contribution in [2.45, 2.75) is 22.7 Å². The number of pyridine rings is 1. The zero-order valence-corrected chi connectivity index (χ0v) is 15.4. The van der Waals surface area contributed by atoms with E-state index in [2.05, 4.69) is 10.3 Å². The van der Waals surface area contributed by atoms with E-state index in [0.29, 0.717) is 5.56 Å². The fraction of sp³-hybridized carbons (Fsp3) is 0.158. The van der Waals surface area contributed by atoms with E-state index in [9.17, 15) is 13.2 Å². The number of hydroxylamine groups is 1. The van der Waals surface area contributed by atoms with Crippen LogP contribution in [0.4, 0.5) is 0 Å². The minimum atomic E-state index is -3.90. The number of rotatable bonds is 4. The second-order valence-corrected chi connectivity index (χ2v) is 8.43. The van der Waals surface area contributed by atoms with Crippen LogP contribution in [0.1, 0.15) is 16.7 Å². The molecule has 1 aromatic carbocycles. The fourth-order valence-corrected chi connectivity index (χ4v) is 4.90. The summed E-state index contributed by atoms with van der Waals surface area (Å²) in [7, 11) is -3.90.